The molecular weight excluding hydrogens is 380 g/mol. The molecule has 1 aromatic carbocycles. The fourth-order valence-electron chi connectivity index (χ4n) is 5.52. The second-order valence-corrected chi connectivity index (χ2v) is 9.33. The van der Waals surface area contributed by atoms with Gasteiger partial charge in [-0.1, -0.05) is 44.0 Å². The number of rotatable bonds is 5. The molecule has 1 saturated carbocycles. The number of aliphatic carboxylic acids is 1. The maximum atomic E-state index is 13.5. The summed E-state index contributed by atoms with van der Waals surface area (Å²) in [7, 11) is 0. The average molecular weight is 413 g/mol. The van der Waals surface area contributed by atoms with Gasteiger partial charge >= 0.3 is 5.97 Å². The van der Waals surface area contributed by atoms with Crippen LogP contribution in [-0.4, -0.2) is 49.5 Å². The van der Waals surface area contributed by atoms with Gasteiger partial charge in [0.15, 0.2) is 0 Å². The predicted molar refractivity (Wildman–Crippen MR) is 114 cm³/mol. The molecule has 4 unspecified atom stereocenters. The fourth-order valence-corrected chi connectivity index (χ4v) is 5.52. The molecule has 4 atom stereocenters. The molecule has 0 radical (unpaired) electrons. The van der Waals surface area contributed by atoms with E-state index in [1.165, 1.54) is 0 Å². The molecule has 1 amide bonds. The summed E-state index contributed by atoms with van der Waals surface area (Å²) in [5.41, 5.74) is 2.92. The molecule has 1 saturated heterocycles. The Morgan fingerprint density at radius 3 is 2.70 bits per heavy atom. The van der Waals surface area contributed by atoms with Crippen molar-refractivity contribution in [2.75, 3.05) is 6.54 Å². The number of aromatic nitrogens is 3. The first-order valence-electron chi connectivity index (χ1n) is 11.2. The lowest BCUT2D eigenvalue weighted by atomic mass is 9.71. The summed E-state index contributed by atoms with van der Waals surface area (Å²) < 4.78 is 1.91. The van der Waals surface area contributed by atoms with Crippen molar-refractivity contribution in [3.05, 3.63) is 23.8 Å². The highest BCUT2D eigenvalue weighted by Gasteiger charge is 2.44. The topological polar surface area (TPSA) is 88.3 Å². The number of hydrogen-bond donors (Lipinski definition) is 1. The van der Waals surface area contributed by atoms with Crippen molar-refractivity contribution in [3.8, 4) is 0 Å². The zero-order valence-corrected chi connectivity index (χ0v) is 18.1. The van der Waals surface area contributed by atoms with Crippen LogP contribution in [0.2, 0.25) is 0 Å². The van der Waals surface area contributed by atoms with E-state index in [-0.39, 0.29) is 35.7 Å². The molecule has 1 aliphatic carbocycles. The Balaban J connectivity index is 1.57. The predicted octanol–water partition coefficient (Wildman–Crippen LogP) is 3.82. The van der Waals surface area contributed by atoms with Gasteiger partial charge < -0.3 is 10.0 Å². The van der Waals surface area contributed by atoms with E-state index in [9.17, 15) is 14.7 Å². The molecule has 2 fully saturated rings. The number of carbonyl (C=O) groups is 2. The number of fused-ring (bicyclic) bond motifs is 2. The first-order chi connectivity index (χ1) is 14.4. The molecule has 7 nitrogen and oxygen atoms in total. The number of amides is 1. The van der Waals surface area contributed by atoms with Gasteiger partial charge in [-0.2, -0.15) is 0 Å². The van der Waals surface area contributed by atoms with Crippen LogP contribution in [0, 0.1) is 24.7 Å². The van der Waals surface area contributed by atoms with E-state index in [1.807, 2.05) is 34.7 Å². The Morgan fingerprint density at radius 2 is 1.97 bits per heavy atom. The third-order valence-corrected chi connectivity index (χ3v) is 7.19. The maximum Gasteiger partial charge on any atom is 0.306 e. The van der Waals surface area contributed by atoms with E-state index in [2.05, 4.69) is 24.2 Å². The zero-order valence-electron chi connectivity index (χ0n) is 18.1. The van der Waals surface area contributed by atoms with E-state index in [1.54, 1.807) is 0 Å². The molecule has 1 N–H and O–H groups in total. The minimum absolute atomic E-state index is 0.0589. The van der Waals surface area contributed by atoms with Crippen LogP contribution in [0.4, 0.5) is 0 Å². The average Bonchev–Trinajstić information content (AvgIpc) is 3.15. The summed E-state index contributed by atoms with van der Waals surface area (Å²) in [5.74, 6) is -0.601. The van der Waals surface area contributed by atoms with Crippen molar-refractivity contribution < 1.29 is 14.7 Å². The van der Waals surface area contributed by atoms with Crippen LogP contribution in [0.25, 0.3) is 11.0 Å². The van der Waals surface area contributed by atoms with Gasteiger partial charge in [0, 0.05) is 19.0 Å². The van der Waals surface area contributed by atoms with E-state index >= 15 is 0 Å². The number of carboxylic acid groups (broad SMARTS) is 1. The molecule has 30 heavy (non-hydrogen) atoms. The number of hydrogen-bond acceptors (Lipinski definition) is 4. The summed E-state index contributed by atoms with van der Waals surface area (Å²) in [6.45, 7) is 6.79. The summed E-state index contributed by atoms with van der Waals surface area (Å²) >= 11 is 0. The Morgan fingerprint density at radius 1 is 1.20 bits per heavy atom. The first kappa shape index (κ1) is 20.8. The van der Waals surface area contributed by atoms with Gasteiger partial charge in [-0.25, -0.2) is 4.68 Å². The minimum atomic E-state index is -0.705. The highest BCUT2D eigenvalue weighted by Crippen LogP contribution is 2.40. The highest BCUT2D eigenvalue weighted by molar-refractivity contribution is 5.80. The van der Waals surface area contributed by atoms with Gasteiger partial charge in [-0.3, -0.25) is 9.59 Å². The Kier molecular flexibility index (Phi) is 5.80. The number of carboxylic acids is 1. The van der Waals surface area contributed by atoms with Gasteiger partial charge in [0.1, 0.15) is 5.52 Å². The third-order valence-electron chi connectivity index (χ3n) is 7.19. The summed E-state index contributed by atoms with van der Waals surface area (Å²) in [4.78, 5) is 27.2. The minimum Gasteiger partial charge on any atom is -0.481 e. The van der Waals surface area contributed by atoms with Gasteiger partial charge in [0.05, 0.1) is 17.5 Å². The normalized spacial score (nSPS) is 25.3. The van der Waals surface area contributed by atoms with Crippen LogP contribution < -0.4 is 0 Å². The second kappa shape index (κ2) is 8.36. The second-order valence-electron chi connectivity index (χ2n) is 9.33. The standard InChI is InChI=1S/C23H32N4O3/c1-14(2)20(27-19-10-6-7-15(3)22(19)24-25-27)13-21(28)26-12-11-17(23(29)30)16-8-4-5-9-18(16)26/h6-7,10,14,16-18,20H,4-5,8-9,11-13H2,1-3H3,(H,29,30). The number of aryl methyl sites for hydroxylation is 1. The van der Waals surface area contributed by atoms with Crippen LogP contribution >= 0.6 is 0 Å². The van der Waals surface area contributed by atoms with Crippen molar-refractivity contribution in [1.82, 2.24) is 19.9 Å². The van der Waals surface area contributed by atoms with E-state index in [4.69, 9.17) is 0 Å². The smallest absolute Gasteiger partial charge is 0.306 e. The number of benzene rings is 1. The molecule has 2 aliphatic rings. The molecule has 1 aromatic heterocycles. The molecule has 1 aliphatic heterocycles. The van der Waals surface area contributed by atoms with E-state index in [0.29, 0.717) is 19.4 Å². The first-order valence-corrected chi connectivity index (χ1v) is 11.2. The SMILES string of the molecule is Cc1cccc2c1nnn2C(CC(=O)N1CCC(C(=O)O)C2CCCCC21)C(C)C. The Bertz CT molecular complexity index is 938. The molecular formula is C23H32N4O3. The van der Waals surface area contributed by atoms with Crippen molar-refractivity contribution >= 4 is 22.9 Å². The maximum absolute atomic E-state index is 13.5. The lowest BCUT2D eigenvalue weighted by Crippen LogP contribution is -2.54. The van der Waals surface area contributed by atoms with Crippen LogP contribution in [0.5, 0.6) is 0 Å². The molecule has 2 heterocycles. The molecule has 7 heteroatoms. The van der Waals surface area contributed by atoms with Crippen molar-refractivity contribution in [2.45, 2.75) is 71.4 Å². The summed E-state index contributed by atoms with van der Waals surface area (Å²) in [6.07, 6.45) is 4.87. The van der Waals surface area contributed by atoms with Crippen LogP contribution in [-0.2, 0) is 9.59 Å². The Labute approximate surface area is 177 Å². The van der Waals surface area contributed by atoms with Crippen LogP contribution in [0.15, 0.2) is 18.2 Å². The summed E-state index contributed by atoms with van der Waals surface area (Å²) in [5, 5.41) is 18.4. The lowest BCUT2D eigenvalue weighted by Gasteiger charge is -2.47. The van der Waals surface area contributed by atoms with Crippen LogP contribution in [0.3, 0.4) is 0 Å². The zero-order chi connectivity index (χ0) is 21.4. The molecule has 0 spiro atoms. The van der Waals surface area contributed by atoms with Gasteiger partial charge in [-0.15, -0.1) is 5.10 Å². The van der Waals surface area contributed by atoms with Gasteiger partial charge in [0.25, 0.3) is 0 Å². The molecule has 2 aromatic rings. The number of nitrogens with zero attached hydrogens (tertiary/aromatic N) is 4. The largest absolute Gasteiger partial charge is 0.481 e. The fraction of sp³-hybridized carbons (Fsp3) is 0.652. The highest BCUT2D eigenvalue weighted by atomic mass is 16.4. The molecule has 162 valence electrons. The van der Waals surface area contributed by atoms with Crippen molar-refractivity contribution in [3.63, 3.8) is 0 Å². The monoisotopic (exact) mass is 412 g/mol. The van der Waals surface area contributed by atoms with Crippen LogP contribution in [0.1, 0.15) is 64.0 Å². The van der Waals surface area contributed by atoms with E-state index in [0.717, 1.165) is 42.3 Å². The quantitative estimate of drug-likeness (QED) is 0.806. The molecule has 0 bridgehead atoms. The number of likely N-dealkylation sites (tertiary alicyclic amines) is 1. The lowest BCUT2D eigenvalue weighted by molar-refractivity contribution is -0.154. The van der Waals surface area contributed by atoms with E-state index < -0.39 is 5.97 Å². The number of piperidine rings is 1. The van der Waals surface area contributed by atoms with Crippen molar-refractivity contribution in [2.24, 2.45) is 17.8 Å². The number of carbonyl (C=O) groups excluding carboxylic acids is 1. The van der Waals surface area contributed by atoms with Gasteiger partial charge in [0.2, 0.25) is 5.91 Å². The third kappa shape index (κ3) is 3.70. The Hall–Kier alpha value is -2.44. The molecule has 4 rings (SSSR count). The summed E-state index contributed by atoms with van der Waals surface area (Å²) in [6, 6.07) is 6.01. The van der Waals surface area contributed by atoms with Gasteiger partial charge in [-0.05, 0) is 49.7 Å². The van der Waals surface area contributed by atoms with Crippen molar-refractivity contribution in [1.29, 1.82) is 0 Å².